The van der Waals surface area contributed by atoms with Crippen molar-refractivity contribution in [3.63, 3.8) is 0 Å². The molecule has 19 heteroatoms. The third-order valence-corrected chi connectivity index (χ3v) is 18.7. The van der Waals surface area contributed by atoms with Crippen LogP contribution in [0.25, 0.3) is 0 Å². The van der Waals surface area contributed by atoms with Crippen LogP contribution in [-0.2, 0) is 65.4 Å². The highest BCUT2D eigenvalue weighted by molar-refractivity contribution is 7.47. The summed E-state index contributed by atoms with van der Waals surface area (Å²) in [6.07, 6.45) is 48.5. The summed E-state index contributed by atoms with van der Waals surface area (Å²) < 4.78 is 68.3. The topological polar surface area (TPSA) is 237 Å². The number of hydrogen-bond acceptors (Lipinski definition) is 15. The SMILES string of the molecule is CCCCCCCCCCCCCCCCCC(=O)O[C@H](COC(=O)CCCCCCCCCCCCC(C)C)COP(=O)(O)OC[C@@H](O)COP(=O)(O)OC[C@@H](COC(=O)CCCCCCCCC(C)CC)OC(=O)CCCCCCCCCCCCCC. The van der Waals surface area contributed by atoms with Gasteiger partial charge in [0.1, 0.15) is 19.3 Å². The lowest BCUT2D eigenvalue weighted by atomic mass is 10.00. The third kappa shape index (κ3) is 63.5. The molecule has 0 aromatic heterocycles. The molecule has 90 heavy (non-hydrogen) atoms. The molecule has 534 valence electrons. The van der Waals surface area contributed by atoms with Crippen LogP contribution in [0, 0.1) is 11.8 Å². The first-order valence-electron chi connectivity index (χ1n) is 37.0. The first-order chi connectivity index (χ1) is 43.4. The number of phosphoric acid groups is 2. The van der Waals surface area contributed by atoms with Gasteiger partial charge in [-0.2, -0.15) is 0 Å². The number of unbranched alkanes of at least 4 members (excludes halogenated alkanes) is 39. The van der Waals surface area contributed by atoms with Crippen molar-refractivity contribution >= 4 is 39.5 Å². The molecule has 0 aliphatic carbocycles. The van der Waals surface area contributed by atoms with E-state index in [4.69, 9.17) is 37.0 Å². The summed E-state index contributed by atoms with van der Waals surface area (Å²) in [5.41, 5.74) is 0. The van der Waals surface area contributed by atoms with Crippen molar-refractivity contribution in [2.75, 3.05) is 39.6 Å². The predicted octanol–water partition coefficient (Wildman–Crippen LogP) is 20.4. The molecule has 0 aromatic carbocycles. The lowest BCUT2D eigenvalue weighted by Gasteiger charge is -2.21. The highest BCUT2D eigenvalue weighted by Crippen LogP contribution is 2.45. The zero-order chi connectivity index (χ0) is 66.5. The molecule has 0 heterocycles. The minimum atomic E-state index is -4.95. The first kappa shape index (κ1) is 88.1. The number of rotatable bonds is 70. The Morgan fingerprint density at radius 3 is 0.844 bits per heavy atom. The lowest BCUT2D eigenvalue weighted by Crippen LogP contribution is -2.30. The van der Waals surface area contributed by atoms with E-state index in [0.717, 1.165) is 108 Å². The van der Waals surface area contributed by atoms with E-state index in [1.54, 1.807) is 0 Å². The smallest absolute Gasteiger partial charge is 0.462 e. The van der Waals surface area contributed by atoms with Gasteiger partial charge in [-0.15, -0.1) is 0 Å². The van der Waals surface area contributed by atoms with E-state index in [-0.39, 0.29) is 25.7 Å². The highest BCUT2D eigenvalue weighted by atomic mass is 31.2. The Bertz CT molecular complexity index is 1750. The lowest BCUT2D eigenvalue weighted by molar-refractivity contribution is -0.161. The minimum Gasteiger partial charge on any atom is -0.462 e. The van der Waals surface area contributed by atoms with Crippen LogP contribution in [0.3, 0.4) is 0 Å². The quantitative estimate of drug-likeness (QED) is 0.0222. The van der Waals surface area contributed by atoms with Gasteiger partial charge in [-0.1, -0.05) is 311 Å². The van der Waals surface area contributed by atoms with Crippen molar-refractivity contribution in [2.45, 2.75) is 381 Å². The summed E-state index contributed by atoms with van der Waals surface area (Å²) in [6, 6.07) is 0. The molecule has 0 amide bonds. The number of ether oxygens (including phenoxy) is 4. The molecule has 17 nitrogen and oxygen atoms in total. The van der Waals surface area contributed by atoms with E-state index in [9.17, 15) is 43.2 Å². The van der Waals surface area contributed by atoms with Crippen LogP contribution in [0.1, 0.15) is 363 Å². The molecule has 0 radical (unpaired) electrons. The minimum absolute atomic E-state index is 0.106. The van der Waals surface area contributed by atoms with Gasteiger partial charge in [-0.25, -0.2) is 9.13 Å². The maximum absolute atomic E-state index is 13.0. The Morgan fingerprint density at radius 2 is 0.567 bits per heavy atom. The molecule has 0 rings (SSSR count). The van der Waals surface area contributed by atoms with E-state index < -0.39 is 97.5 Å². The molecule has 0 saturated heterocycles. The maximum Gasteiger partial charge on any atom is 0.472 e. The fourth-order valence-corrected chi connectivity index (χ4v) is 12.3. The molecular weight excluding hydrogens is 1190 g/mol. The molecular formula is C71H138O17P2. The Morgan fingerprint density at radius 1 is 0.322 bits per heavy atom. The molecule has 0 saturated carbocycles. The van der Waals surface area contributed by atoms with Crippen LogP contribution >= 0.6 is 15.6 Å². The van der Waals surface area contributed by atoms with Crippen molar-refractivity contribution in [1.82, 2.24) is 0 Å². The van der Waals surface area contributed by atoms with Crippen molar-refractivity contribution in [1.29, 1.82) is 0 Å². The number of phosphoric ester groups is 2. The average Bonchev–Trinajstić information content (AvgIpc) is 2.80. The van der Waals surface area contributed by atoms with Crippen LogP contribution in [0.2, 0.25) is 0 Å². The summed E-state index contributed by atoms with van der Waals surface area (Å²) in [5.74, 6) is -0.632. The van der Waals surface area contributed by atoms with Crippen molar-refractivity contribution in [3.8, 4) is 0 Å². The van der Waals surface area contributed by atoms with Gasteiger partial charge < -0.3 is 33.8 Å². The molecule has 0 spiro atoms. The van der Waals surface area contributed by atoms with Gasteiger partial charge in [0.2, 0.25) is 0 Å². The van der Waals surface area contributed by atoms with Crippen LogP contribution in [0.15, 0.2) is 0 Å². The van der Waals surface area contributed by atoms with Crippen LogP contribution in [-0.4, -0.2) is 96.7 Å². The zero-order valence-corrected chi connectivity index (χ0v) is 60.2. The highest BCUT2D eigenvalue weighted by Gasteiger charge is 2.30. The van der Waals surface area contributed by atoms with Gasteiger partial charge >= 0.3 is 39.5 Å². The summed E-state index contributed by atoms with van der Waals surface area (Å²) >= 11 is 0. The standard InChI is InChI=1S/C71H138O17P2/c1-7-10-12-14-16-18-20-22-23-24-26-32-36-44-50-56-71(76)87-66(59-81-68(73)53-47-41-34-30-28-27-29-33-39-45-51-63(4)5)61-85-89(77,78)83-57-65(72)58-84-90(79,80)86-62-67(60-82-69(74)54-48-42-38-37-40-46-52-64(6)9-3)88-70(75)55-49-43-35-31-25-21-19-17-15-13-11-8-2/h63-67,72H,7-62H2,1-6H3,(H,77,78)(H,79,80)/t64?,65-,66-,67-/m1/s1. The van der Waals surface area contributed by atoms with Crippen molar-refractivity contribution < 1.29 is 80.2 Å². The van der Waals surface area contributed by atoms with Crippen LogP contribution in [0.4, 0.5) is 0 Å². The van der Waals surface area contributed by atoms with E-state index >= 15 is 0 Å². The van der Waals surface area contributed by atoms with Crippen LogP contribution in [0.5, 0.6) is 0 Å². The fraction of sp³-hybridized carbons (Fsp3) is 0.944. The number of carbonyl (C=O) groups is 4. The van der Waals surface area contributed by atoms with Gasteiger partial charge in [0.05, 0.1) is 26.4 Å². The van der Waals surface area contributed by atoms with E-state index in [1.165, 1.54) is 173 Å². The Balaban J connectivity index is 5.26. The number of aliphatic hydroxyl groups excluding tert-OH is 1. The Hall–Kier alpha value is -1.94. The number of hydrogen-bond donors (Lipinski definition) is 3. The Labute approximate surface area is 549 Å². The van der Waals surface area contributed by atoms with E-state index in [1.807, 2.05) is 0 Å². The van der Waals surface area contributed by atoms with Gasteiger partial charge in [0.25, 0.3) is 0 Å². The van der Waals surface area contributed by atoms with Gasteiger partial charge in [0.15, 0.2) is 12.2 Å². The second kappa shape index (κ2) is 63.1. The largest absolute Gasteiger partial charge is 0.472 e. The zero-order valence-electron chi connectivity index (χ0n) is 58.4. The predicted molar refractivity (Wildman–Crippen MR) is 363 cm³/mol. The molecule has 3 unspecified atom stereocenters. The second-order valence-corrected chi connectivity index (χ2v) is 29.3. The molecule has 0 aliphatic rings. The molecule has 0 fully saturated rings. The van der Waals surface area contributed by atoms with E-state index in [0.29, 0.717) is 25.7 Å². The summed E-state index contributed by atoms with van der Waals surface area (Å²) in [4.78, 5) is 72.6. The number of aliphatic hydroxyl groups is 1. The molecule has 0 aromatic rings. The summed E-state index contributed by atoms with van der Waals surface area (Å²) in [5, 5.41) is 10.6. The normalized spacial score (nSPS) is 14.4. The first-order valence-corrected chi connectivity index (χ1v) is 40.0. The second-order valence-electron chi connectivity index (χ2n) is 26.3. The van der Waals surface area contributed by atoms with E-state index in [2.05, 4.69) is 41.5 Å². The number of carbonyl (C=O) groups excluding carboxylic acids is 4. The molecule has 6 atom stereocenters. The monoisotopic (exact) mass is 1320 g/mol. The van der Waals surface area contributed by atoms with Gasteiger partial charge in [-0.3, -0.25) is 37.3 Å². The van der Waals surface area contributed by atoms with Crippen LogP contribution < -0.4 is 0 Å². The Kier molecular flexibility index (Phi) is 61.8. The maximum atomic E-state index is 13.0. The fourth-order valence-electron chi connectivity index (χ4n) is 10.7. The summed E-state index contributed by atoms with van der Waals surface area (Å²) in [6.45, 7) is 9.52. The third-order valence-electron chi connectivity index (χ3n) is 16.8. The number of esters is 4. The van der Waals surface area contributed by atoms with Crippen molar-refractivity contribution in [3.05, 3.63) is 0 Å². The van der Waals surface area contributed by atoms with Crippen molar-refractivity contribution in [2.24, 2.45) is 11.8 Å². The molecule has 0 aliphatic heterocycles. The molecule has 0 bridgehead atoms. The average molecular weight is 1330 g/mol. The van der Waals surface area contributed by atoms with Gasteiger partial charge in [-0.05, 0) is 37.5 Å². The molecule has 3 N–H and O–H groups in total. The van der Waals surface area contributed by atoms with Gasteiger partial charge in [0, 0.05) is 25.7 Å². The summed E-state index contributed by atoms with van der Waals surface area (Å²) in [7, 11) is -9.90.